The molecule has 2 saturated heterocycles. The summed E-state index contributed by atoms with van der Waals surface area (Å²) in [5, 5.41) is 4.63. The van der Waals surface area contributed by atoms with Crippen molar-refractivity contribution in [1.82, 2.24) is 19.6 Å². The Balaban J connectivity index is 1.20. The minimum Gasteiger partial charge on any atom is -0.338 e. The fourth-order valence-electron chi connectivity index (χ4n) is 4.73. The summed E-state index contributed by atoms with van der Waals surface area (Å²) in [6.45, 7) is 3.46. The molecule has 25 heavy (non-hydrogen) atoms. The van der Waals surface area contributed by atoms with Crippen molar-refractivity contribution in [3.63, 3.8) is 0 Å². The van der Waals surface area contributed by atoms with E-state index in [9.17, 15) is 9.59 Å². The van der Waals surface area contributed by atoms with Gasteiger partial charge in [-0.05, 0) is 50.5 Å². The van der Waals surface area contributed by atoms with E-state index >= 15 is 0 Å². The van der Waals surface area contributed by atoms with Crippen LogP contribution in [0.3, 0.4) is 0 Å². The lowest BCUT2D eigenvalue weighted by Gasteiger charge is -2.42. The van der Waals surface area contributed by atoms with Gasteiger partial charge < -0.3 is 4.90 Å². The fraction of sp³-hybridized carbons (Fsp3) is 0.737. The third-order valence-electron chi connectivity index (χ3n) is 6.33. The Morgan fingerprint density at radius 3 is 2.68 bits per heavy atom. The van der Waals surface area contributed by atoms with Crippen LogP contribution in [0.15, 0.2) is 10.9 Å². The summed E-state index contributed by atoms with van der Waals surface area (Å²) in [6.07, 6.45) is 7.69. The Labute approximate surface area is 147 Å². The van der Waals surface area contributed by atoms with E-state index in [1.807, 2.05) is 0 Å². The van der Waals surface area contributed by atoms with E-state index in [4.69, 9.17) is 0 Å². The topological polar surface area (TPSA) is 58.4 Å². The summed E-state index contributed by atoms with van der Waals surface area (Å²) in [5.41, 5.74) is 2.31. The second kappa shape index (κ2) is 5.94. The summed E-state index contributed by atoms with van der Waals surface area (Å²) in [6, 6.07) is 2.42. The normalized spacial score (nSPS) is 27.4. The highest BCUT2D eigenvalue weighted by Crippen LogP contribution is 2.34. The molecule has 134 valence electrons. The number of amides is 1. The molecule has 1 aromatic heterocycles. The van der Waals surface area contributed by atoms with Crippen LogP contribution in [0.1, 0.15) is 43.4 Å². The van der Waals surface area contributed by atoms with Gasteiger partial charge in [-0.1, -0.05) is 0 Å². The van der Waals surface area contributed by atoms with Gasteiger partial charge in [-0.2, -0.15) is 5.10 Å². The van der Waals surface area contributed by atoms with Gasteiger partial charge in [0.15, 0.2) is 0 Å². The minimum absolute atomic E-state index is 0.0379. The number of aryl methyl sites for hydroxylation is 2. The molecule has 2 aliphatic heterocycles. The Bertz CT molecular complexity index is 748. The average Bonchev–Trinajstić information content (AvgIpc) is 3.34. The quantitative estimate of drug-likeness (QED) is 0.813. The lowest BCUT2D eigenvalue weighted by molar-refractivity contribution is -0.135. The Morgan fingerprint density at radius 2 is 1.88 bits per heavy atom. The number of carbonyl (C=O) groups is 1. The van der Waals surface area contributed by atoms with Crippen molar-refractivity contribution in [3.05, 3.63) is 27.7 Å². The predicted octanol–water partition coefficient (Wildman–Crippen LogP) is 0.817. The maximum absolute atomic E-state index is 12.5. The van der Waals surface area contributed by atoms with Gasteiger partial charge in [0.05, 0.1) is 18.3 Å². The summed E-state index contributed by atoms with van der Waals surface area (Å²) in [7, 11) is 0. The molecule has 0 radical (unpaired) electrons. The van der Waals surface area contributed by atoms with Gasteiger partial charge in [0.1, 0.15) is 0 Å². The Kier molecular flexibility index (Phi) is 3.69. The Hall–Kier alpha value is -1.69. The van der Waals surface area contributed by atoms with Crippen LogP contribution >= 0.6 is 0 Å². The summed E-state index contributed by atoms with van der Waals surface area (Å²) < 4.78 is 1.67. The molecule has 3 fully saturated rings. The van der Waals surface area contributed by atoms with Gasteiger partial charge in [0.25, 0.3) is 5.56 Å². The van der Waals surface area contributed by atoms with E-state index in [0.717, 1.165) is 50.2 Å². The summed E-state index contributed by atoms with van der Waals surface area (Å²) in [4.78, 5) is 29.2. The maximum atomic E-state index is 12.5. The lowest BCUT2D eigenvalue weighted by atomic mass is 9.96. The van der Waals surface area contributed by atoms with Crippen LogP contribution in [0.4, 0.5) is 0 Å². The number of carbonyl (C=O) groups excluding carboxylic acids is 1. The molecule has 0 aromatic carbocycles. The van der Waals surface area contributed by atoms with Crippen LogP contribution in [0, 0.1) is 5.92 Å². The zero-order chi connectivity index (χ0) is 17.0. The Morgan fingerprint density at radius 1 is 1.08 bits per heavy atom. The smallest absolute Gasteiger partial charge is 0.267 e. The largest absolute Gasteiger partial charge is 0.338 e. The van der Waals surface area contributed by atoms with Crippen molar-refractivity contribution in [2.75, 3.05) is 19.6 Å². The number of likely N-dealkylation sites (tertiary alicyclic amines) is 2. The highest BCUT2D eigenvalue weighted by molar-refractivity contribution is 5.84. The first-order valence-corrected chi connectivity index (χ1v) is 9.83. The molecule has 0 bridgehead atoms. The molecule has 0 N–H and O–H groups in total. The molecule has 0 spiro atoms. The van der Waals surface area contributed by atoms with Gasteiger partial charge in [0.2, 0.25) is 5.91 Å². The molecule has 5 rings (SSSR count). The van der Waals surface area contributed by atoms with Crippen molar-refractivity contribution in [1.29, 1.82) is 0 Å². The van der Waals surface area contributed by atoms with Crippen LogP contribution < -0.4 is 5.56 Å². The molecule has 4 aliphatic rings. The minimum atomic E-state index is 0.0379. The van der Waals surface area contributed by atoms with E-state index in [-0.39, 0.29) is 11.6 Å². The van der Waals surface area contributed by atoms with Gasteiger partial charge >= 0.3 is 0 Å². The van der Waals surface area contributed by atoms with Gasteiger partial charge in [-0.3, -0.25) is 14.5 Å². The fourth-order valence-corrected chi connectivity index (χ4v) is 4.73. The molecule has 3 heterocycles. The zero-order valence-corrected chi connectivity index (χ0v) is 14.7. The predicted molar refractivity (Wildman–Crippen MR) is 93.3 cm³/mol. The van der Waals surface area contributed by atoms with E-state index in [0.29, 0.717) is 24.4 Å². The molecule has 1 atom stereocenters. The lowest BCUT2D eigenvalue weighted by Crippen LogP contribution is -2.56. The van der Waals surface area contributed by atoms with Crippen molar-refractivity contribution >= 4 is 5.91 Å². The van der Waals surface area contributed by atoms with E-state index in [1.165, 1.54) is 25.7 Å². The molecular formula is C19H26N4O2. The first-order chi connectivity index (χ1) is 12.2. The summed E-state index contributed by atoms with van der Waals surface area (Å²) in [5.74, 6) is 0.777. The zero-order valence-electron chi connectivity index (χ0n) is 14.7. The first kappa shape index (κ1) is 15.6. The molecule has 1 unspecified atom stereocenters. The van der Waals surface area contributed by atoms with Crippen LogP contribution in [0.5, 0.6) is 0 Å². The monoisotopic (exact) mass is 342 g/mol. The van der Waals surface area contributed by atoms with Gasteiger partial charge in [0, 0.05) is 37.7 Å². The second-order valence-electron chi connectivity index (χ2n) is 8.23. The van der Waals surface area contributed by atoms with Crippen LogP contribution in [0.2, 0.25) is 0 Å². The first-order valence-electron chi connectivity index (χ1n) is 9.83. The highest BCUT2D eigenvalue weighted by atomic mass is 16.2. The molecule has 2 aliphatic carbocycles. The third kappa shape index (κ3) is 2.80. The number of hydrogen-bond donors (Lipinski definition) is 0. The number of aromatic nitrogens is 2. The molecule has 1 amide bonds. The van der Waals surface area contributed by atoms with Crippen LogP contribution in [0.25, 0.3) is 0 Å². The molecule has 6 heteroatoms. The van der Waals surface area contributed by atoms with E-state index < -0.39 is 0 Å². The number of fused-ring (bicyclic) bond motifs is 1. The SMILES string of the molecule is O=C1C(N2CC(Cn3nc4c(cc3=O)CCCC4)C2)CCN1C1CC1. The average molecular weight is 342 g/mol. The van der Waals surface area contributed by atoms with E-state index in [1.54, 1.807) is 10.7 Å². The van der Waals surface area contributed by atoms with Gasteiger partial charge in [-0.25, -0.2) is 4.68 Å². The molecule has 1 aromatic rings. The highest BCUT2D eigenvalue weighted by Gasteiger charge is 2.45. The van der Waals surface area contributed by atoms with Gasteiger partial charge in [-0.15, -0.1) is 0 Å². The molecule has 1 saturated carbocycles. The number of rotatable bonds is 4. The van der Waals surface area contributed by atoms with Crippen molar-refractivity contribution in [2.24, 2.45) is 5.92 Å². The summed E-state index contributed by atoms with van der Waals surface area (Å²) >= 11 is 0. The van der Waals surface area contributed by atoms with Crippen molar-refractivity contribution < 1.29 is 4.79 Å². The van der Waals surface area contributed by atoms with Crippen molar-refractivity contribution in [2.45, 2.75) is 63.6 Å². The van der Waals surface area contributed by atoms with Crippen LogP contribution in [-0.4, -0.2) is 57.2 Å². The molecular weight excluding hydrogens is 316 g/mol. The second-order valence-corrected chi connectivity index (χ2v) is 8.23. The number of hydrogen-bond acceptors (Lipinski definition) is 4. The van der Waals surface area contributed by atoms with E-state index in [2.05, 4.69) is 14.9 Å². The van der Waals surface area contributed by atoms with Crippen molar-refractivity contribution in [3.8, 4) is 0 Å². The number of nitrogens with zero attached hydrogens (tertiary/aromatic N) is 4. The standard InChI is InChI=1S/C19H26N4O2/c24-18-9-14-3-1-2-4-16(14)20-23(18)12-13-10-21(11-13)17-7-8-22(19(17)25)15-5-6-15/h9,13,15,17H,1-8,10-12H2. The maximum Gasteiger partial charge on any atom is 0.267 e. The third-order valence-corrected chi connectivity index (χ3v) is 6.33. The molecule has 6 nitrogen and oxygen atoms in total. The van der Waals surface area contributed by atoms with Crippen LogP contribution in [-0.2, 0) is 24.2 Å².